The summed E-state index contributed by atoms with van der Waals surface area (Å²) in [5, 5.41) is 25.2. The van der Waals surface area contributed by atoms with E-state index in [1.165, 1.54) is 0 Å². The number of aliphatic imine (C=N–C) groups is 1. The van der Waals surface area contributed by atoms with Gasteiger partial charge in [0.05, 0.1) is 12.6 Å². The first-order valence-electron chi connectivity index (χ1n) is 10.6. The second-order valence-electron chi connectivity index (χ2n) is 7.93. The van der Waals surface area contributed by atoms with Gasteiger partial charge in [-0.05, 0) is 25.2 Å². The van der Waals surface area contributed by atoms with E-state index in [1.54, 1.807) is 13.8 Å². The number of aliphatic hydroxyl groups excluding tert-OH is 1. The number of guanidine groups is 1. The molecule has 0 heterocycles. The Kier molecular flexibility index (Phi) is 13.8. The van der Waals surface area contributed by atoms with Crippen molar-refractivity contribution in [3.63, 3.8) is 0 Å². The molecule has 0 aromatic carbocycles. The van der Waals surface area contributed by atoms with Crippen LogP contribution in [0.25, 0.3) is 0 Å². The summed E-state index contributed by atoms with van der Waals surface area (Å²) in [7, 11) is 0. The molecule has 0 saturated heterocycles. The summed E-state index contributed by atoms with van der Waals surface area (Å²) in [5.41, 5.74) is 21.5. The fraction of sp³-hybridized carbons (Fsp3) is 0.684. The molecule has 0 spiro atoms. The van der Waals surface area contributed by atoms with Gasteiger partial charge in [0.2, 0.25) is 23.6 Å². The van der Waals surface area contributed by atoms with Gasteiger partial charge in [0.15, 0.2) is 5.96 Å². The molecule has 0 aromatic rings. The number of carboxylic acids is 1. The van der Waals surface area contributed by atoms with Crippen molar-refractivity contribution in [1.82, 2.24) is 16.0 Å². The Morgan fingerprint density at radius 1 is 0.853 bits per heavy atom. The number of rotatable bonds is 16. The highest BCUT2D eigenvalue weighted by molar-refractivity contribution is 5.94. The average Bonchev–Trinajstić information content (AvgIpc) is 2.74. The first kappa shape index (κ1) is 30.5. The van der Waals surface area contributed by atoms with Crippen LogP contribution in [-0.2, 0) is 24.0 Å². The minimum absolute atomic E-state index is 0.00584. The van der Waals surface area contributed by atoms with Crippen molar-refractivity contribution in [3.8, 4) is 0 Å². The van der Waals surface area contributed by atoms with Gasteiger partial charge in [-0.1, -0.05) is 13.8 Å². The second-order valence-corrected chi connectivity index (χ2v) is 7.93. The number of carbonyl (C=O) groups is 5. The number of aliphatic carboxylic acids is 1. The smallest absolute Gasteiger partial charge is 0.328 e. The van der Waals surface area contributed by atoms with E-state index in [2.05, 4.69) is 20.9 Å². The van der Waals surface area contributed by atoms with Crippen LogP contribution < -0.4 is 38.9 Å². The number of carboxylic acid groups (broad SMARTS) is 1. The fourth-order valence-corrected chi connectivity index (χ4v) is 2.63. The van der Waals surface area contributed by atoms with Gasteiger partial charge in [-0.25, -0.2) is 4.79 Å². The van der Waals surface area contributed by atoms with Crippen molar-refractivity contribution >= 4 is 35.6 Å². The molecule has 4 atom stereocenters. The highest BCUT2D eigenvalue weighted by atomic mass is 16.4. The standard InChI is InChI=1S/C19H36N8O7/c1-9(2)14(21)17(32)26-11(5-6-13(20)29)16(31)25-10(4-3-7-24-19(22)23)15(30)27-12(8-28)18(33)34/h9-12,14,28H,3-8,21H2,1-2H3,(H2,20,29)(H,25,31)(H,26,32)(H,27,30)(H,33,34)(H4,22,23,24). The Morgan fingerprint density at radius 2 is 1.35 bits per heavy atom. The number of aliphatic hydroxyl groups is 1. The summed E-state index contributed by atoms with van der Waals surface area (Å²) in [4.78, 5) is 64.0. The molecule has 0 saturated carbocycles. The number of carbonyl (C=O) groups excluding carboxylic acids is 4. The van der Waals surface area contributed by atoms with Crippen LogP contribution in [0.4, 0.5) is 0 Å². The fourth-order valence-electron chi connectivity index (χ4n) is 2.63. The van der Waals surface area contributed by atoms with Gasteiger partial charge in [0.1, 0.15) is 18.1 Å². The minimum Gasteiger partial charge on any atom is -0.480 e. The number of hydrogen-bond donors (Lipinski definition) is 9. The number of nitrogens with two attached hydrogens (primary N) is 4. The van der Waals surface area contributed by atoms with Gasteiger partial charge >= 0.3 is 5.97 Å². The van der Waals surface area contributed by atoms with Gasteiger partial charge in [-0.15, -0.1) is 0 Å². The predicted molar refractivity (Wildman–Crippen MR) is 122 cm³/mol. The van der Waals surface area contributed by atoms with Gasteiger partial charge in [0, 0.05) is 13.0 Å². The van der Waals surface area contributed by atoms with E-state index >= 15 is 0 Å². The van der Waals surface area contributed by atoms with Crippen LogP contribution in [0.15, 0.2) is 4.99 Å². The highest BCUT2D eigenvalue weighted by Crippen LogP contribution is 2.05. The van der Waals surface area contributed by atoms with Crippen molar-refractivity contribution in [2.75, 3.05) is 13.2 Å². The SMILES string of the molecule is CC(C)C(N)C(=O)NC(CCC(N)=O)C(=O)NC(CCCN=C(N)N)C(=O)NC(CO)C(=O)O. The van der Waals surface area contributed by atoms with Crippen LogP contribution in [-0.4, -0.2) is 83.1 Å². The molecule has 0 aliphatic heterocycles. The summed E-state index contributed by atoms with van der Waals surface area (Å²) in [6.45, 7) is 2.66. The van der Waals surface area contributed by atoms with Crippen molar-refractivity contribution in [3.05, 3.63) is 0 Å². The van der Waals surface area contributed by atoms with E-state index in [1.807, 2.05) is 0 Å². The Morgan fingerprint density at radius 3 is 1.79 bits per heavy atom. The van der Waals surface area contributed by atoms with E-state index < -0.39 is 60.4 Å². The Hall–Kier alpha value is -3.46. The third kappa shape index (κ3) is 12.0. The molecule has 4 unspecified atom stereocenters. The molecule has 0 aliphatic carbocycles. The molecule has 0 fully saturated rings. The lowest BCUT2D eigenvalue weighted by molar-refractivity contribution is -0.143. The van der Waals surface area contributed by atoms with Crippen LogP contribution in [0, 0.1) is 5.92 Å². The Bertz CT molecular complexity index is 755. The van der Waals surface area contributed by atoms with E-state index in [4.69, 9.17) is 33.1 Å². The van der Waals surface area contributed by atoms with Crippen molar-refractivity contribution in [2.45, 2.75) is 63.7 Å². The molecule has 0 radical (unpaired) electrons. The molecule has 0 aliphatic rings. The zero-order valence-corrected chi connectivity index (χ0v) is 19.3. The molecule has 0 aromatic heterocycles. The maximum Gasteiger partial charge on any atom is 0.328 e. The van der Waals surface area contributed by atoms with Crippen LogP contribution >= 0.6 is 0 Å². The number of hydrogen-bond acceptors (Lipinski definition) is 8. The normalized spacial score (nSPS) is 14.3. The first-order chi connectivity index (χ1) is 15.8. The predicted octanol–water partition coefficient (Wildman–Crippen LogP) is -4.18. The lowest BCUT2D eigenvalue weighted by atomic mass is 10.0. The quantitative estimate of drug-likeness (QED) is 0.0573. The molecule has 34 heavy (non-hydrogen) atoms. The van der Waals surface area contributed by atoms with Crippen LogP contribution in [0.5, 0.6) is 0 Å². The third-order valence-corrected chi connectivity index (χ3v) is 4.71. The summed E-state index contributed by atoms with van der Waals surface area (Å²) >= 11 is 0. The molecule has 15 nitrogen and oxygen atoms in total. The Balaban J connectivity index is 5.59. The summed E-state index contributed by atoms with van der Waals surface area (Å²) in [6.07, 6.45) is -0.172. The van der Waals surface area contributed by atoms with Gasteiger partial charge in [0.25, 0.3) is 0 Å². The second kappa shape index (κ2) is 15.4. The van der Waals surface area contributed by atoms with E-state index in [9.17, 15) is 24.0 Å². The summed E-state index contributed by atoms with van der Waals surface area (Å²) in [5.74, 6) is -4.94. The maximum atomic E-state index is 12.9. The molecular formula is C19H36N8O7. The number of amides is 4. The highest BCUT2D eigenvalue weighted by Gasteiger charge is 2.30. The number of nitrogens with one attached hydrogen (secondary N) is 3. The number of primary amides is 1. The van der Waals surface area contributed by atoms with E-state index in [0.717, 1.165) is 0 Å². The van der Waals surface area contributed by atoms with Gasteiger partial charge in [-0.3, -0.25) is 24.2 Å². The largest absolute Gasteiger partial charge is 0.480 e. The minimum atomic E-state index is -1.60. The van der Waals surface area contributed by atoms with Crippen LogP contribution in [0.2, 0.25) is 0 Å². The average molecular weight is 489 g/mol. The molecule has 194 valence electrons. The maximum absolute atomic E-state index is 12.9. The first-order valence-corrected chi connectivity index (χ1v) is 10.6. The van der Waals surface area contributed by atoms with E-state index in [0.29, 0.717) is 0 Å². The Labute approximate surface area is 197 Å². The topological polar surface area (TPSA) is 278 Å². The van der Waals surface area contributed by atoms with Crippen molar-refractivity contribution in [2.24, 2.45) is 33.8 Å². The number of nitrogens with zero attached hydrogens (tertiary/aromatic N) is 1. The molecule has 0 bridgehead atoms. The van der Waals surface area contributed by atoms with Crippen LogP contribution in [0.3, 0.4) is 0 Å². The van der Waals surface area contributed by atoms with Gasteiger partial charge < -0.3 is 49.1 Å². The molecule has 13 N–H and O–H groups in total. The molecule has 15 heteroatoms. The lowest BCUT2D eigenvalue weighted by Crippen LogP contribution is -2.58. The lowest BCUT2D eigenvalue weighted by Gasteiger charge is -2.25. The van der Waals surface area contributed by atoms with Crippen molar-refractivity contribution in [1.29, 1.82) is 0 Å². The third-order valence-electron chi connectivity index (χ3n) is 4.71. The summed E-state index contributed by atoms with van der Waals surface area (Å²) in [6, 6.07) is -5.03. The molecule has 0 rings (SSSR count). The zero-order chi connectivity index (χ0) is 26.4. The zero-order valence-electron chi connectivity index (χ0n) is 19.3. The summed E-state index contributed by atoms with van der Waals surface area (Å²) < 4.78 is 0. The molecule has 4 amide bonds. The van der Waals surface area contributed by atoms with Gasteiger partial charge in [-0.2, -0.15) is 0 Å². The van der Waals surface area contributed by atoms with Crippen LogP contribution in [0.1, 0.15) is 39.5 Å². The van der Waals surface area contributed by atoms with E-state index in [-0.39, 0.29) is 44.1 Å². The monoisotopic (exact) mass is 488 g/mol. The van der Waals surface area contributed by atoms with Crippen molar-refractivity contribution < 1.29 is 34.2 Å². The molecular weight excluding hydrogens is 452 g/mol.